The predicted molar refractivity (Wildman–Crippen MR) is 125 cm³/mol. The highest BCUT2D eigenvalue weighted by atomic mass is 32.2. The van der Waals surface area contributed by atoms with Crippen molar-refractivity contribution in [1.82, 2.24) is 19.4 Å². The molecule has 2 heterocycles. The molecule has 32 heavy (non-hydrogen) atoms. The van der Waals surface area contributed by atoms with E-state index >= 15 is 0 Å². The second kappa shape index (κ2) is 10.3. The maximum atomic E-state index is 12.2. The van der Waals surface area contributed by atoms with Crippen LogP contribution in [0.15, 0.2) is 73.1 Å². The molecule has 170 valence electrons. The first kappa shape index (κ1) is 22.5. The number of likely N-dealkylation sites (tertiary alicyclic amines) is 1. The minimum atomic E-state index is -3.28. The van der Waals surface area contributed by atoms with Gasteiger partial charge in [0.05, 0.1) is 18.0 Å². The molecule has 3 aromatic rings. The Morgan fingerprint density at radius 1 is 1.09 bits per heavy atom. The third kappa shape index (κ3) is 5.97. The number of ether oxygens (including phenoxy) is 1. The highest BCUT2D eigenvalue weighted by Gasteiger charge is 2.32. The molecule has 0 bridgehead atoms. The summed E-state index contributed by atoms with van der Waals surface area (Å²) >= 11 is 0. The topological polar surface area (TPSA) is 76.5 Å². The van der Waals surface area contributed by atoms with Crippen molar-refractivity contribution in [2.75, 3.05) is 25.4 Å². The molecular weight excluding hydrogens is 424 g/mol. The van der Waals surface area contributed by atoms with Crippen molar-refractivity contribution >= 4 is 10.0 Å². The van der Waals surface area contributed by atoms with Gasteiger partial charge >= 0.3 is 0 Å². The summed E-state index contributed by atoms with van der Waals surface area (Å²) in [5, 5.41) is 4.24. The first-order valence-corrected chi connectivity index (χ1v) is 12.7. The first-order chi connectivity index (χ1) is 15.5. The molecule has 0 aliphatic carbocycles. The van der Waals surface area contributed by atoms with Crippen molar-refractivity contribution in [1.29, 1.82) is 0 Å². The molecule has 1 saturated heterocycles. The monoisotopic (exact) mass is 454 g/mol. The highest BCUT2D eigenvalue weighted by Crippen LogP contribution is 2.23. The fraction of sp³-hybridized carbons (Fsp3) is 0.375. The van der Waals surface area contributed by atoms with Gasteiger partial charge < -0.3 is 4.74 Å². The molecule has 0 amide bonds. The van der Waals surface area contributed by atoms with Crippen molar-refractivity contribution in [3.8, 4) is 11.4 Å². The lowest BCUT2D eigenvalue weighted by atomic mass is 9.93. The molecule has 0 radical (unpaired) electrons. The van der Waals surface area contributed by atoms with E-state index in [1.54, 1.807) is 17.8 Å². The normalized spacial score (nSPS) is 19.7. The largest absolute Gasteiger partial charge is 0.493 e. The Labute approximate surface area is 190 Å². The number of sulfonamides is 1. The Bertz CT molecular complexity index is 1070. The van der Waals surface area contributed by atoms with E-state index in [0.717, 1.165) is 37.5 Å². The van der Waals surface area contributed by atoms with Crippen LogP contribution < -0.4 is 9.46 Å². The minimum absolute atomic E-state index is 0.0552. The number of piperidine rings is 1. The predicted octanol–water partition coefficient (Wildman–Crippen LogP) is 3.08. The Morgan fingerprint density at radius 3 is 2.56 bits per heavy atom. The molecule has 1 N–H and O–H groups in total. The number of hydrogen-bond donors (Lipinski definition) is 1. The van der Waals surface area contributed by atoms with Gasteiger partial charge in [0.2, 0.25) is 10.0 Å². The SMILES string of the molecule is CCS(=O)(=O)NC1CCN(Cc2ccccc2)CC1COc1ccc(-n2cccn2)cc1. The Hall–Kier alpha value is -2.68. The van der Waals surface area contributed by atoms with Gasteiger partial charge in [-0.3, -0.25) is 4.90 Å². The van der Waals surface area contributed by atoms with Gasteiger partial charge in [0.15, 0.2) is 0 Å². The fourth-order valence-corrected chi connectivity index (χ4v) is 4.99. The lowest BCUT2D eigenvalue weighted by molar-refractivity contribution is 0.102. The van der Waals surface area contributed by atoms with Gasteiger partial charge in [-0.25, -0.2) is 17.8 Å². The van der Waals surface area contributed by atoms with E-state index in [1.165, 1.54) is 5.56 Å². The Kier molecular flexibility index (Phi) is 7.24. The van der Waals surface area contributed by atoms with Crippen LogP contribution in [-0.2, 0) is 16.6 Å². The van der Waals surface area contributed by atoms with Crippen molar-refractivity contribution in [3.05, 3.63) is 78.6 Å². The number of rotatable bonds is 9. The van der Waals surface area contributed by atoms with Crippen LogP contribution in [0.5, 0.6) is 5.75 Å². The molecule has 4 rings (SSSR count). The smallest absolute Gasteiger partial charge is 0.211 e. The Morgan fingerprint density at radius 2 is 1.88 bits per heavy atom. The van der Waals surface area contributed by atoms with Gasteiger partial charge in [0.1, 0.15) is 5.75 Å². The molecule has 1 aromatic heterocycles. The van der Waals surface area contributed by atoms with Crippen molar-refractivity contribution in [3.63, 3.8) is 0 Å². The zero-order valence-electron chi connectivity index (χ0n) is 18.3. The maximum Gasteiger partial charge on any atom is 0.211 e. The van der Waals surface area contributed by atoms with E-state index in [-0.39, 0.29) is 17.7 Å². The van der Waals surface area contributed by atoms with Crippen LogP contribution in [-0.4, -0.2) is 54.6 Å². The van der Waals surface area contributed by atoms with Crippen molar-refractivity contribution in [2.24, 2.45) is 5.92 Å². The van der Waals surface area contributed by atoms with Crippen LogP contribution in [0.25, 0.3) is 5.69 Å². The molecule has 8 heteroatoms. The second-order valence-electron chi connectivity index (χ2n) is 8.15. The minimum Gasteiger partial charge on any atom is -0.493 e. The van der Waals surface area contributed by atoms with Gasteiger partial charge in [0, 0.05) is 44.0 Å². The third-order valence-electron chi connectivity index (χ3n) is 5.85. The fourth-order valence-electron chi connectivity index (χ4n) is 4.05. The van der Waals surface area contributed by atoms with E-state index in [9.17, 15) is 8.42 Å². The Balaban J connectivity index is 1.42. The van der Waals surface area contributed by atoms with Gasteiger partial charge in [-0.05, 0) is 49.2 Å². The number of nitrogens with one attached hydrogen (secondary N) is 1. The summed E-state index contributed by atoms with van der Waals surface area (Å²) in [5.41, 5.74) is 2.22. The van der Waals surface area contributed by atoms with Crippen LogP contribution in [0.3, 0.4) is 0 Å². The standard InChI is InChI=1S/C24H30N4O3S/c1-2-32(29,30)26-24-13-16-27(17-20-7-4-3-5-8-20)18-21(24)19-31-23-11-9-22(10-12-23)28-15-6-14-25-28/h3-12,14-15,21,24,26H,2,13,16-19H2,1H3. The summed E-state index contributed by atoms with van der Waals surface area (Å²) in [7, 11) is -3.28. The molecule has 1 aliphatic heterocycles. The number of hydrogen-bond acceptors (Lipinski definition) is 5. The van der Waals surface area contributed by atoms with Gasteiger partial charge in [-0.1, -0.05) is 30.3 Å². The van der Waals surface area contributed by atoms with Crippen LogP contribution in [0, 0.1) is 5.92 Å². The van der Waals surface area contributed by atoms with Gasteiger partial charge in [-0.2, -0.15) is 5.10 Å². The van der Waals surface area contributed by atoms with E-state index in [0.29, 0.717) is 6.61 Å². The summed E-state index contributed by atoms with van der Waals surface area (Å²) < 4.78 is 35.3. The summed E-state index contributed by atoms with van der Waals surface area (Å²) in [6.07, 6.45) is 4.40. The molecule has 1 aliphatic rings. The molecule has 7 nitrogen and oxygen atoms in total. The van der Waals surface area contributed by atoms with Crippen molar-refractivity contribution in [2.45, 2.75) is 25.9 Å². The molecule has 2 unspecified atom stereocenters. The summed E-state index contributed by atoms with van der Waals surface area (Å²) in [6.45, 7) is 4.59. The first-order valence-electron chi connectivity index (χ1n) is 11.0. The van der Waals surface area contributed by atoms with Crippen LogP contribution in [0.2, 0.25) is 0 Å². The van der Waals surface area contributed by atoms with E-state index in [2.05, 4.69) is 26.9 Å². The van der Waals surface area contributed by atoms with Crippen LogP contribution >= 0.6 is 0 Å². The molecule has 0 spiro atoms. The molecule has 2 aromatic carbocycles. The van der Waals surface area contributed by atoms with E-state index < -0.39 is 10.0 Å². The average molecular weight is 455 g/mol. The molecular formula is C24H30N4O3S. The summed E-state index contributed by atoms with van der Waals surface area (Å²) in [4.78, 5) is 2.38. The highest BCUT2D eigenvalue weighted by molar-refractivity contribution is 7.89. The lowest BCUT2D eigenvalue weighted by Gasteiger charge is -2.38. The average Bonchev–Trinajstić information content (AvgIpc) is 3.35. The maximum absolute atomic E-state index is 12.2. The molecule has 1 fully saturated rings. The number of nitrogens with zero attached hydrogens (tertiary/aromatic N) is 3. The second-order valence-corrected chi connectivity index (χ2v) is 10.2. The van der Waals surface area contributed by atoms with E-state index in [1.807, 2.05) is 54.7 Å². The number of aromatic nitrogens is 2. The van der Waals surface area contributed by atoms with Gasteiger partial charge in [-0.15, -0.1) is 0 Å². The van der Waals surface area contributed by atoms with Crippen LogP contribution in [0.4, 0.5) is 0 Å². The molecule has 0 saturated carbocycles. The zero-order valence-corrected chi connectivity index (χ0v) is 19.1. The summed E-state index contributed by atoms with van der Waals surface area (Å²) in [5.74, 6) is 0.900. The molecule has 2 atom stereocenters. The van der Waals surface area contributed by atoms with Gasteiger partial charge in [0.25, 0.3) is 0 Å². The van der Waals surface area contributed by atoms with E-state index in [4.69, 9.17) is 4.74 Å². The lowest BCUT2D eigenvalue weighted by Crippen LogP contribution is -2.52. The summed E-state index contributed by atoms with van der Waals surface area (Å²) in [6, 6.07) is 19.9. The quantitative estimate of drug-likeness (QED) is 0.538. The van der Waals surface area contributed by atoms with Crippen molar-refractivity contribution < 1.29 is 13.2 Å². The zero-order chi connectivity index (χ0) is 22.4. The van der Waals surface area contributed by atoms with Crippen LogP contribution in [0.1, 0.15) is 18.9 Å². The number of benzene rings is 2. The third-order valence-corrected chi connectivity index (χ3v) is 7.27.